The largest absolute Gasteiger partial charge is 0.373 e. The van der Waals surface area contributed by atoms with E-state index in [2.05, 4.69) is 0 Å². The Balaban J connectivity index is 1.80. The predicted octanol–water partition coefficient (Wildman–Crippen LogP) is 2.59. The van der Waals surface area contributed by atoms with Crippen molar-refractivity contribution in [3.05, 3.63) is 34.9 Å². The van der Waals surface area contributed by atoms with E-state index in [0.717, 1.165) is 10.6 Å². The molecule has 0 aliphatic heterocycles. The van der Waals surface area contributed by atoms with Gasteiger partial charge in [0.1, 0.15) is 5.78 Å². The summed E-state index contributed by atoms with van der Waals surface area (Å²) < 4.78 is 5.51. The average Bonchev–Trinajstić information content (AvgIpc) is 2.13. The highest BCUT2D eigenvalue weighted by atomic mass is 35.5. The molecule has 0 N–H and O–H groups in total. The van der Waals surface area contributed by atoms with Gasteiger partial charge >= 0.3 is 0 Å². The molecule has 1 aliphatic carbocycles. The molecule has 0 amide bonds. The minimum Gasteiger partial charge on any atom is -0.373 e. The number of ether oxygens (including phenoxy) is 1. The van der Waals surface area contributed by atoms with Crippen LogP contribution in [0.3, 0.4) is 0 Å². The zero-order valence-electron chi connectivity index (χ0n) is 7.70. The van der Waals surface area contributed by atoms with Crippen LogP contribution in [0.15, 0.2) is 24.3 Å². The topological polar surface area (TPSA) is 26.3 Å². The molecule has 1 fully saturated rings. The molecule has 1 aliphatic rings. The van der Waals surface area contributed by atoms with Gasteiger partial charge in [0.15, 0.2) is 0 Å². The number of carbonyl (C=O) groups excluding carboxylic acids is 1. The third-order valence-electron chi connectivity index (χ3n) is 2.31. The van der Waals surface area contributed by atoms with Gasteiger partial charge in [0.2, 0.25) is 0 Å². The van der Waals surface area contributed by atoms with E-state index in [4.69, 9.17) is 16.3 Å². The summed E-state index contributed by atoms with van der Waals surface area (Å²) in [7, 11) is 0. The third kappa shape index (κ3) is 2.34. The van der Waals surface area contributed by atoms with E-state index in [1.807, 2.05) is 24.3 Å². The highest BCUT2D eigenvalue weighted by Crippen LogP contribution is 2.20. The first-order chi connectivity index (χ1) is 6.74. The number of Topliss-reactive ketones (excluding diaryl/α,β-unsaturated/α-hetero) is 1. The molecular weight excluding hydrogens is 200 g/mol. The molecule has 74 valence electrons. The molecule has 3 heteroatoms. The molecule has 0 spiro atoms. The Morgan fingerprint density at radius 2 is 1.93 bits per heavy atom. The van der Waals surface area contributed by atoms with Gasteiger partial charge < -0.3 is 4.74 Å². The van der Waals surface area contributed by atoms with Crippen LogP contribution in [0.25, 0.3) is 0 Å². The fraction of sp³-hybridized carbons (Fsp3) is 0.364. The van der Waals surface area contributed by atoms with Crippen molar-refractivity contribution in [2.45, 2.75) is 25.6 Å². The van der Waals surface area contributed by atoms with Crippen LogP contribution in [0.4, 0.5) is 0 Å². The molecule has 1 saturated carbocycles. The maximum atomic E-state index is 10.7. The minimum atomic E-state index is 0.137. The van der Waals surface area contributed by atoms with Gasteiger partial charge in [0, 0.05) is 17.9 Å². The second kappa shape index (κ2) is 4.11. The summed E-state index contributed by atoms with van der Waals surface area (Å²) in [6, 6.07) is 7.55. The highest BCUT2D eigenvalue weighted by Gasteiger charge is 2.26. The van der Waals surface area contributed by atoms with Gasteiger partial charge in [-0.25, -0.2) is 0 Å². The van der Waals surface area contributed by atoms with Gasteiger partial charge in [-0.05, 0) is 17.7 Å². The maximum absolute atomic E-state index is 10.7. The molecule has 0 bridgehead atoms. The first-order valence-corrected chi connectivity index (χ1v) is 4.99. The van der Waals surface area contributed by atoms with E-state index >= 15 is 0 Å². The average molecular weight is 211 g/mol. The van der Waals surface area contributed by atoms with E-state index in [-0.39, 0.29) is 6.10 Å². The quantitative estimate of drug-likeness (QED) is 0.767. The zero-order chi connectivity index (χ0) is 9.97. The summed E-state index contributed by atoms with van der Waals surface area (Å²) in [5, 5.41) is 0.729. The van der Waals surface area contributed by atoms with Gasteiger partial charge in [0.05, 0.1) is 12.7 Å². The first kappa shape index (κ1) is 9.69. The van der Waals surface area contributed by atoms with Gasteiger partial charge in [0.25, 0.3) is 0 Å². The van der Waals surface area contributed by atoms with Gasteiger partial charge in [-0.15, -0.1) is 0 Å². The lowest BCUT2D eigenvalue weighted by atomic mass is 9.94. The second-order valence-electron chi connectivity index (χ2n) is 3.51. The van der Waals surface area contributed by atoms with Crippen LogP contribution in [0.2, 0.25) is 5.02 Å². The lowest BCUT2D eigenvalue weighted by Crippen LogP contribution is -2.31. The fourth-order valence-electron chi connectivity index (χ4n) is 1.36. The molecule has 1 aromatic carbocycles. The molecule has 2 rings (SSSR count). The van der Waals surface area contributed by atoms with E-state index in [0.29, 0.717) is 25.2 Å². The third-order valence-corrected chi connectivity index (χ3v) is 2.56. The molecule has 14 heavy (non-hydrogen) atoms. The number of hydrogen-bond donors (Lipinski definition) is 0. The van der Waals surface area contributed by atoms with E-state index in [1.165, 1.54) is 0 Å². The summed E-state index contributed by atoms with van der Waals surface area (Å²) in [6.45, 7) is 0.565. The summed E-state index contributed by atoms with van der Waals surface area (Å²) in [6.07, 6.45) is 1.29. The fourth-order valence-corrected chi connectivity index (χ4v) is 1.49. The van der Waals surface area contributed by atoms with E-state index in [1.54, 1.807) is 0 Å². The van der Waals surface area contributed by atoms with Gasteiger partial charge in [-0.3, -0.25) is 4.79 Å². The molecule has 2 nitrogen and oxygen atoms in total. The number of rotatable bonds is 3. The summed E-state index contributed by atoms with van der Waals surface area (Å²) >= 11 is 5.75. The predicted molar refractivity (Wildman–Crippen MR) is 54.3 cm³/mol. The van der Waals surface area contributed by atoms with Crippen molar-refractivity contribution in [2.24, 2.45) is 0 Å². The van der Waals surface area contributed by atoms with Gasteiger partial charge in [-0.1, -0.05) is 23.7 Å². The lowest BCUT2D eigenvalue weighted by molar-refractivity contribution is -0.135. The van der Waals surface area contributed by atoms with Crippen molar-refractivity contribution in [3.63, 3.8) is 0 Å². The highest BCUT2D eigenvalue weighted by molar-refractivity contribution is 6.30. The number of carbonyl (C=O) groups is 1. The molecular formula is C11H11ClO2. The smallest absolute Gasteiger partial charge is 0.138 e. The lowest BCUT2D eigenvalue weighted by Gasteiger charge is -2.24. The number of hydrogen-bond acceptors (Lipinski definition) is 2. The molecule has 0 atom stereocenters. The SMILES string of the molecule is O=C1CC(OCc2ccc(Cl)cc2)C1. The number of halogens is 1. The number of benzene rings is 1. The van der Waals surface area contributed by atoms with Crippen molar-refractivity contribution >= 4 is 17.4 Å². The van der Waals surface area contributed by atoms with Crippen molar-refractivity contribution in [2.75, 3.05) is 0 Å². The van der Waals surface area contributed by atoms with Crippen LogP contribution in [0.1, 0.15) is 18.4 Å². The Morgan fingerprint density at radius 3 is 2.50 bits per heavy atom. The van der Waals surface area contributed by atoms with Crippen molar-refractivity contribution in [1.29, 1.82) is 0 Å². The van der Waals surface area contributed by atoms with Gasteiger partial charge in [-0.2, -0.15) is 0 Å². The molecule has 0 aromatic heterocycles. The standard InChI is InChI=1S/C11H11ClO2/c12-9-3-1-8(2-4-9)7-14-11-5-10(13)6-11/h1-4,11H,5-7H2. The van der Waals surface area contributed by atoms with Crippen LogP contribution in [0.5, 0.6) is 0 Å². The minimum absolute atomic E-state index is 0.137. The molecule has 0 radical (unpaired) electrons. The van der Waals surface area contributed by atoms with Crippen molar-refractivity contribution in [1.82, 2.24) is 0 Å². The normalized spacial score (nSPS) is 16.8. The van der Waals surface area contributed by atoms with E-state index < -0.39 is 0 Å². The van der Waals surface area contributed by atoms with Crippen molar-refractivity contribution < 1.29 is 9.53 Å². The first-order valence-electron chi connectivity index (χ1n) is 4.62. The monoisotopic (exact) mass is 210 g/mol. The molecule has 0 unspecified atom stereocenters. The summed E-state index contributed by atoms with van der Waals surface area (Å²) in [4.78, 5) is 10.7. The van der Waals surface area contributed by atoms with Crippen LogP contribution in [0, 0.1) is 0 Å². The Labute approximate surface area is 87.8 Å². The van der Waals surface area contributed by atoms with Crippen LogP contribution in [-0.4, -0.2) is 11.9 Å². The van der Waals surface area contributed by atoms with Crippen LogP contribution < -0.4 is 0 Å². The van der Waals surface area contributed by atoms with E-state index in [9.17, 15) is 4.79 Å². The Kier molecular flexibility index (Phi) is 2.85. The van der Waals surface area contributed by atoms with Crippen LogP contribution in [-0.2, 0) is 16.1 Å². The van der Waals surface area contributed by atoms with Crippen LogP contribution >= 0.6 is 11.6 Å². The molecule has 0 heterocycles. The Morgan fingerprint density at radius 1 is 1.29 bits per heavy atom. The number of ketones is 1. The van der Waals surface area contributed by atoms with Crippen molar-refractivity contribution in [3.8, 4) is 0 Å². The molecule has 1 aromatic rings. The second-order valence-corrected chi connectivity index (χ2v) is 3.94. The Hall–Kier alpha value is -0.860. The maximum Gasteiger partial charge on any atom is 0.138 e. The zero-order valence-corrected chi connectivity index (χ0v) is 8.46. The molecule has 0 saturated heterocycles. The summed E-state index contributed by atoms with van der Waals surface area (Å²) in [5.41, 5.74) is 1.09. The summed E-state index contributed by atoms with van der Waals surface area (Å²) in [5.74, 6) is 0.297. The Bertz CT molecular complexity index is 324.